The Morgan fingerprint density at radius 1 is 1.77 bits per heavy atom. The van der Waals surface area contributed by atoms with Crippen LogP contribution in [0.25, 0.3) is 0 Å². The molecule has 0 aliphatic rings. The summed E-state index contributed by atoms with van der Waals surface area (Å²) in [5.41, 5.74) is 0. The highest BCUT2D eigenvalue weighted by atomic mass is 32.1. The summed E-state index contributed by atoms with van der Waals surface area (Å²) in [5, 5.41) is 12.1. The van der Waals surface area contributed by atoms with Gasteiger partial charge in [0.1, 0.15) is 5.82 Å². The molecule has 0 amide bonds. The van der Waals surface area contributed by atoms with E-state index in [1.54, 1.807) is 13.8 Å². The summed E-state index contributed by atoms with van der Waals surface area (Å²) in [5.74, 6) is -0.115. The Morgan fingerprint density at radius 3 is 2.92 bits per heavy atom. The lowest BCUT2D eigenvalue weighted by molar-refractivity contribution is -0.137. The van der Waals surface area contributed by atoms with Gasteiger partial charge in [-0.1, -0.05) is 0 Å². The number of rotatable bonds is 4. The molecule has 6 heteroatoms. The van der Waals surface area contributed by atoms with Crippen LogP contribution in [0.15, 0.2) is 0 Å². The first-order chi connectivity index (χ1) is 6.08. The van der Waals surface area contributed by atoms with Crippen molar-refractivity contribution >= 4 is 22.6 Å². The van der Waals surface area contributed by atoms with Gasteiger partial charge < -0.3 is 10.4 Å². The minimum Gasteiger partial charge on any atom is -0.481 e. The number of aromatic nitrogens is 2. The number of anilines is 1. The Kier molecular flexibility index (Phi) is 3.18. The number of nitrogens with zero attached hydrogens (tertiary/aromatic N) is 2. The number of hydrogen-bond acceptors (Lipinski definition) is 5. The zero-order valence-electron chi connectivity index (χ0n) is 7.44. The van der Waals surface area contributed by atoms with Crippen molar-refractivity contribution in [1.82, 2.24) is 9.36 Å². The van der Waals surface area contributed by atoms with Crippen LogP contribution in [-0.2, 0) is 4.79 Å². The summed E-state index contributed by atoms with van der Waals surface area (Å²) in [4.78, 5) is 14.4. The zero-order chi connectivity index (χ0) is 9.84. The molecule has 0 spiro atoms. The van der Waals surface area contributed by atoms with Crippen LogP contribution in [-0.4, -0.2) is 26.5 Å². The van der Waals surface area contributed by atoms with Gasteiger partial charge in [-0.25, -0.2) is 4.98 Å². The van der Waals surface area contributed by atoms with E-state index in [2.05, 4.69) is 14.7 Å². The van der Waals surface area contributed by atoms with Gasteiger partial charge in [0.2, 0.25) is 5.13 Å². The number of aliphatic carboxylic acids is 1. The van der Waals surface area contributed by atoms with Gasteiger partial charge in [0, 0.05) is 17.6 Å². The van der Waals surface area contributed by atoms with E-state index in [1.807, 2.05) is 0 Å². The van der Waals surface area contributed by atoms with Gasteiger partial charge in [0.25, 0.3) is 0 Å². The van der Waals surface area contributed by atoms with E-state index in [0.29, 0.717) is 11.0 Å². The lowest BCUT2D eigenvalue weighted by atomic mass is 10.2. The summed E-state index contributed by atoms with van der Waals surface area (Å²) in [6.07, 6.45) is 0.0820. The molecule has 1 rings (SSSR count). The molecule has 0 aliphatic carbocycles. The maximum Gasteiger partial charge on any atom is 0.305 e. The smallest absolute Gasteiger partial charge is 0.305 e. The molecule has 0 saturated carbocycles. The average Bonchev–Trinajstić information content (AvgIpc) is 2.33. The van der Waals surface area contributed by atoms with Crippen LogP contribution in [0.5, 0.6) is 0 Å². The highest BCUT2D eigenvalue weighted by Gasteiger charge is 2.08. The second kappa shape index (κ2) is 4.18. The first-order valence-electron chi connectivity index (χ1n) is 3.86. The summed E-state index contributed by atoms with van der Waals surface area (Å²) < 4.78 is 3.97. The molecule has 2 N–H and O–H groups in total. The number of aryl methyl sites for hydroxylation is 1. The molecule has 0 saturated heterocycles. The minimum absolute atomic E-state index is 0.0820. The topological polar surface area (TPSA) is 75.1 Å². The van der Waals surface area contributed by atoms with E-state index in [9.17, 15) is 4.79 Å². The first-order valence-corrected chi connectivity index (χ1v) is 4.64. The third kappa shape index (κ3) is 3.37. The average molecular weight is 201 g/mol. The van der Waals surface area contributed by atoms with E-state index < -0.39 is 5.97 Å². The number of nitrogens with one attached hydrogen (secondary N) is 1. The first kappa shape index (κ1) is 9.91. The van der Waals surface area contributed by atoms with Crippen molar-refractivity contribution in [3.63, 3.8) is 0 Å². The standard InChI is InChI=1S/C7H11N3O2S/c1-4(3-6(11)12)8-7-9-5(2)10-13-7/h4H,3H2,1-2H3,(H,11,12)(H,8,9,10). The maximum atomic E-state index is 10.3. The molecule has 1 heterocycles. The van der Waals surface area contributed by atoms with Gasteiger partial charge >= 0.3 is 5.97 Å². The lowest BCUT2D eigenvalue weighted by Gasteiger charge is -2.08. The van der Waals surface area contributed by atoms with E-state index in [4.69, 9.17) is 5.11 Å². The minimum atomic E-state index is -0.818. The molecule has 1 atom stereocenters. The number of hydrogen-bond donors (Lipinski definition) is 2. The molecule has 5 nitrogen and oxygen atoms in total. The Labute approximate surface area is 80.0 Å². The van der Waals surface area contributed by atoms with Crippen molar-refractivity contribution in [3.05, 3.63) is 5.82 Å². The van der Waals surface area contributed by atoms with E-state index in [-0.39, 0.29) is 12.5 Å². The molecule has 0 aromatic carbocycles. The fourth-order valence-corrected chi connectivity index (χ4v) is 1.57. The second-order valence-corrected chi connectivity index (χ2v) is 3.54. The summed E-state index contributed by atoms with van der Waals surface area (Å²) in [6, 6.07) is -0.121. The summed E-state index contributed by atoms with van der Waals surface area (Å²) >= 11 is 1.24. The van der Waals surface area contributed by atoms with E-state index in [1.165, 1.54) is 11.5 Å². The van der Waals surface area contributed by atoms with Crippen molar-refractivity contribution in [2.24, 2.45) is 0 Å². The predicted molar refractivity (Wildman–Crippen MR) is 50.0 cm³/mol. The Bertz CT molecular complexity index is 300. The van der Waals surface area contributed by atoms with E-state index in [0.717, 1.165) is 0 Å². The van der Waals surface area contributed by atoms with Crippen molar-refractivity contribution < 1.29 is 9.90 Å². The lowest BCUT2D eigenvalue weighted by Crippen LogP contribution is -2.19. The molecule has 0 bridgehead atoms. The quantitative estimate of drug-likeness (QED) is 0.763. The number of carboxylic acids is 1. The monoisotopic (exact) mass is 201 g/mol. The fraction of sp³-hybridized carbons (Fsp3) is 0.571. The Morgan fingerprint density at radius 2 is 2.46 bits per heavy atom. The normalized spacial score (nSPS) is 12.5. The van der Waals surface area contributed by atoms with Gasteiger partial charge in [-0.3, -0.25) is 4.79 Å². The maximum absolute atomic E-state index is 10.3. The molecular weight excluding hydrogens is 190 g/mol. The summed E-state index contributed by atoms with van der Waals surface area (Å²) in [7, 11) is 0. The molecule has 1 aromatic heterocycles. The highest BCUT2D eigenvalue weighted by Crippen LogP contribution is 2.12. The second-order valence-electron chi connectivity index (χ2n) is 2.79. The molecule has 0 radical (unpaired) electrons. The van der Waals surface area contributed by atoms with Crippen LogP contribution in [0.3, 0.4) is 0 Å². The van der Waals surface area contributed by atoms with Crippen LogP contribution in [0.4, 0.5) is 5.13 Å². The Hall–Kier alpha value is -1.17. The molecule has 0 aliphatic heterocycles. The molecule has 0 fully saturated rings. The van der Waals surface area contributed by atoms with Gasteiger partial charge in [-0.05, 0) is 13.8 Å². The van der Waals surface area contributed by atoms with Crippen molar-refractivity contribution in [3.8, 4) is 0 Å². The van der Waals surface area contributed by atoms with Crippen molar-refractivity contribution in [1.29, 1.82) is 0 Å². The largest absolute Gasteiger partial charge is 0.481 e. The van der Waals surface area contributed by atoms with Crippen LogP contribution in [0.2, 0.25) is 0 Å². The predicted octanol–water partition coefficient (Wildman–Crippen LogP) is 1.12. The fourth-order valence-electron chi connectivity index (χ4n) is 0.879. The van der Waals surface area contributed by atoms with Crippen molar-refractivity contribution in [2.75, 3.05) is 5.32 Å². The van der Waals surface area contributed by atoms with Crippen LogP contribution < -0.4 is 5.32 Å². The van der Waals surface area contributed by atoms with Crippen LogP contribution >= 0.6 is 11.5 Å². The van der Waals surface area contributed by atoms with E-state index >= 15 is 0 Å². The molecule has 72 valence electrons. The van der Waals surface area contributed by atoms with Crippen LogP contribution in [0, 0.1) is 6.92 Å². The molecule has 13 heavy (non-hydrogen) atoms. The number of carboxylic acid groups (broad SMARTS) is 1. The highest BCUT2D eigenvalue weighted by molar-refractivity contribution is 7.09. The SMILES string of the molecule is Cc1nsc(NC(C)CC(=O)O)n1. The molecule has 1 unspecified atom stereocenters. The van der Waals surface area contributed by atoms with Gasteiger partial charge in [-0.2, -0.15) is 4.37 Å². The summed E-state index contributed by atoms with van der Waals surface area (Å²) in [6.45, 7) is 3.59. The zero-order valence-corrected chi connectivity index (χ0v) is 8.26. The van der Waals surface area contributed by atoms with Gasteiger partial charge in [0.05, 0.1) is 6.42 Å². The number of carbonyl (C=O) groups is 1. The van der Waals surface area contributed by atoms with Crippen molar-refractivity contribution in [2.45, 2.75) is 26.3 Å². The van der Waals surface area contributed by atoms with Gasteiger partial charge in [-0.15, -0.1) is 0 Å². The van der Waals surface area contributed by atoms with Crippen LogP contribution in [0.1, 0.15) is 19.2 Å². The molecule has 1 aromatic rings. The van der Waals surface area contributed by atoms with Gasteiger partial charge in [0.15, 0.2) is 0 Å². The third-order valence-corrected chi connectivity index (χ3v) is 2.12. The molecular formula is C7H11N3O2S. The third-order valence-electron chi connectivity index (χ3n) is 1.38. The Balaban J connectivity index is 2.44.